The third-order valence-electron chi connectivity index (χ3n) is 2.00. The number of hydrogen-bond acceptors (Lipinski definition) is 4. The second-order valence-electron chi connectivity index (χ2n) is 3.21. The topological polar surface area (TPSA) is 73.4 Å². The van der Waals surface area contributed by atoms with E-state index in [0.717, 1.165) is 5.57 Å². The summed E-state index contributed by atoms with van der Waals surface area (Å²) in [5.41, 5.74) is 0.905. The normalized spacial score (nSPS) is 13.1. The molecule has 0 fully saturated rings. The van der Waals surface area contributed by atoms with Crippen LogP contribution < -0.4 is 0 Å². The molecule has 14 heavy (non-hydrogen) atoms. The van der Waals surface area contributed by atoms with Gasteiger partial charge in [0.1, 0.15) is 5.71 Å². The molecule has 0 saturated heterocycles. The molecule has 0 aromatic rings. The number of rotatable bonds is 5. The van der Waals surface area contributed by atoms with Crippen molar-refractivity contribution in [2.45, 2.75) is 26.7 Å². The van der Waals surface area contributed by atoms with Gasteiger partial charge in [-0.15, -0.1) is 0 Å². The number of nitriles is 1. The molecule has 0 heterocycles. The summed E-state index contributed by atoms with van der Waals surface area (Å²) in [5.74, 6) is -0.397. The molecule has 0 aliphatic heterocycles. The summed E-state index contributed by atoms with van der Waals surface area (Å²) in [6.45, 7) is 6.84. The maximum atomic E-state index is 10.9. The Morgan fingerprint density at radius 2 is 2.21 bits per heavy atom. The number of nitrogens with zero attached hydrogens (tertiary/aromatic N) is 2. The molecule has 76 valence electrons. The van der Waals surface area contributed by atoms with Gasteiger partial charge in [0.15, 0.2) is 5.78 Å². The predicted molar refractivity (Wildman–Crippen MR) is 53.1 cm³/mol. The minimum Gasteiger partial charge on any atom is -0.411 e. The Morgan fingerprint density at radius 1 is 1.64 bits per heavy atom. The molecule has 0 bridgehead atoms. The van der Waals surface area contributed by atoms with Crippen molar-refractivity contribution in [2.24, 2.45) is 11.1 Å². The molecule has 0 aromatic carbocycles. The van der Waals surface area contributed by atoms with E-state index in [4.69, 9.17) is 10.5 Å². The molecule has 4 nitrogen and oxygen atoms in total. The summed E-state index contributed by atoms with van der Waals surface area (Å²) < 4.78 is 0. The first kappa shape index (κ1) is 12.4. The van der Waals surface area contributed by atoms with Crippen molar-refractivity contribution in [1.82, 2.24) is 0 Å². The van der Waals surface area contributed by atoms with E-state index in [1.807, 2.05) is 6.07 Å². The molecule has 1 unspecified atom stereocenters. The average molecular weight is 194 g/mol. The summed E-state index contributed by atoms with van der Waals surface area (Å²) in [6.07, 6.45) is 0.552. The van der Waals surface area contributed by atoms with E-state index in [2.05, 4.69) is 11.7 Å². The van der Waals surface area contributed by atoms with Gasteiger partial charge in [0.2, 0.25) is 0 Å². The quantitative estimate of drug-likeness (QED) is 0.314. The SMILES string of the molecule is C=C(C)C(CC#N)CC(=NO)C(C)=O. The summed E-state index contributed by atoms with van der Waals surface area (Å²) in [6, 6.07) is 2.01. The van der Waals surface area contributed by atoms with Gasteiger partial charge in [-0.3, -0.25) is 4.79 Å². The molecule has 0 spiro atoms. The van der Waals surface area contributed by atoms with Gasteiger partial charge in [-0.1, -0.05) is 17.3 Å². The lowest BCUT2D eigenvalue weighted by Gasteiger charge is -2.12. The predicted octanol–water partition coefficient (Wildman–Crippen LogP) is 1.90. The maximum Gasteiger partial charge on any atom is 0.177 e. The number of allylic oxidation sites excluding steroid dienone is 1. The molecule has 0 rings (SSSR count). The second kappa shape index (κ2) is 5.92. The Labute approximate surface area is 83.5 Å². The third kappa shape index (κ3) is 3.85. The van der Waals surface area contributed by atoms with E-state index in [0.29, 0.717) is 0 Å². The van der Waals surface area contributed by atoms with Gasteiger partial charge < -0.3 is 5.21 Å². The molecule has 1 atom stereocenters. The zero-order valence-corrected chi connectivity index (χ0v) is 8.45. The number of Topliss-reactive ketones (excluding diaryl/α,β-unsaturated/α-hetero) is 1. The second-order valence-corrected chi connectivity index (χ2v) is 3.21. The summed E-state index contributed by atoms with van der Waals surface area (Å²) in [5, 5.41) is 20.0. The van der Waals surface area contributed by atoms with Crippen molar-refractivity contribution < 1.29 is 10.0 Å². The molecule has 4 heteroatoms. The van der Waals surface area contributed by atoms with Crippen molar-refractivity contribution in [3.05, 3.63) is 12.2 Å². The summed E-state index contributed by atoms with van der Waals surface area (Å²) in [7, 11) is 0. The zero-order chi connectivity index (χ0) is 11.1. The molecule has 0 radical (unpaired) electrons. The van der Waals surface area contributed by atoms with Crippen LogP contribution in [0.25, 0.3) is 0 Å². The Balaban J connectivity index is 4.52. The van der Waals surface area contributed by atoms with Crippen LogP contribution in [-0.2, 0) is 4.79 Å². The van der Waals surface area contributed by atoms with Gasteiger partial charge in [-0.05, 0) is 12.8 Å². The largest absolute Gasteiger partial charge is 0.411 e. The van der Waals surface area contributed by atoms with Crippen molar-refractivity contribution >= 4 is 11.5 Å². The van der Waals surface area contributed by atoms with Crippen LogP contribution in [0.1, 0.15) is 26.7 Å². The monoisotopic (exact) mass is 194 g/mol. The molecule has 1 N–H and O–H groups in total. The van der Waals surface area contributed by atoms with Gasteiger partial charge in [0, 0.05) is 19.8 Å². The fraction of sp³-hybridized carbons (Fsp3) is 0.500. The number of hydrogen-bond donors (Lipinski definition) is 1. The van der Waals surface area contributed by atoms with Crippen LogP contribution in [0.15, 0.2) is 17.3 Å². The van der Waals surface area contributed by atoms with E-state index < -0.39 is 0 Å². The van der Waals surface area contributed by atoms with E-state index in [9.17, 15) is 4.79 Å². The molecule has 0 amide bonds. The Morgan fingerprint density at radius 3 is 2.50 bits per heavy atom. The molecule has 0 saturated carbocycles. The highest BCUT2D eigenvalue weighted by Crippen LogP contribution is 2.17. The van der Waals surface area contributed by atoms with Crippen LogP contribution >= 0.6 is 0 Å². The first-order valence-electron chi connectivity index (χ1n) is 4.27. The Kier molecular flexibility index (Phi) is 5.23. The first-order chi connectivity index (χ1) is 6.52. The fourth-order valence-electron chi connectivity index (χ4n) is 1.02. The van der Waals surface area contributed by atoms with E-state index in [1.54, 1.807) is 6.92 Å². The number of carbonyl (C=O) groups is 1. The van der Waals surface area contributed by atoms with Crippen LogP contribution in [0.2, 0.25) is 0 Å². The maximum absolute atomic E-state index is 10.9. The number of carbonyl (C=O) groups excluding carboxylic acids is 1. The van der Waals surface area contributed by atoms with Crippen LogP contribution in [0.5, 0.6) is 0 Å². The average Bonchev–Trinajstić information content (AvgIpc) is 2.11. The third-order valence-corrected chi connectivity index (χ3v) is 2.00. The summed E-state index contributed by atoms with van der Waals surface area (Å²) in [4.78, 5) is 10.9. The van der Waals surface area contributed by atoms with E-state index in [-0.39, 0.29) is 30.3 Å². The zero-order valence-electron chi connectivity index (χ0n) is 8.45. The number of ketones is 1. The lowest BCUT2D eigenvalue weighted by atomic mass is 9.92. The van der Waals surface area contributed by atoms with Crippen molar-refractivity contribution in [2.75, 3.05) is 0 Å². The Hall–Kier alpha value is -1.63. The smallest absolute Gasteiger partial charge is 0.177 e. The van der Waals surface area contributed by atoms with E-state index >= 15 is 0 Å². The molecule has 0 aliphatic rings. The van der Waals surface area contributed by atoms with Crippen LogP contribution in [0.3, 0.4) is 0 Å². The lowest BCUT2D eigenvalue weighted by molar-refractivity contribution is -0.111. The van der Waals surface area contributed by atoms with Gasteiger partial charge >= 0.3 is 0 Å². The fourth-order valence-corrected chi connectivity index (χ4v) is 1.02. The van der Waals surface area contributed by atoms with Gasteiger partial charge in [-0.25, -0.2) is 0 Å². The number of oxime groups is 1. The highest BCUT2D eigenvalue weighted by Gasteiger charge is 2.16. The molecule has 0 aromatic heterocycles. The Bertz CT molecular complexity index is 300. The van der Waals surface area contributed by atoms with Gasteiger partial charge in [0.25, 0.3) is 0 Å². The molecule has 0 aliphatic carbocycles. The van der Waals surface area contributed by atoms with Crippen LogP contribution in [0.4, 0.5) is 0 Å². The minimum absolute atomic E-state index is 0.0910. The van der Waals surface area contributed by atoms with Crippen molar-refractivity contribution in [3.63, 3.8) is 0 Å². The van der Waals surface area contributed by atoms with Crippen LogP contribution in [-0.4, -0.2) is 16.7 Å². The van der Waals surface area contributed by atoms with E-state index in [1.165, 1.54) is 6.92 Å². The summed E-state index contributed by atoms with van der Waals surface area (Å²) >= 11 is 0. The first-order valence-corrected chi connectivity index (χ1v) is 4.27. The lowest BCUT2D eigenvalue weighted by Crippen LogP contribution is -2.16. The minimum atomic E-state index is -0.281. The van der Waals surface area contributed by atoms with Gasteiger partial charge in [-0.2, -0.15) is 5.26 Å². The molecular weight excluding hydrogens is 180 g/mol. The van der Waals surface area contributed by atoms with Gasteiger partial charge in [0.05, 0.1) is 6.07 Å². The van der Waals surface area contributed by atoms with Crippen LogP contribution in [0, 0.1) is 17.2 Å². The standard InChI is InChI=1S/C10H14N2O2/c1-7(2)9(4-5-11)6-10(12-14)8(3)13/h9,14H,1,4,6H2,2-3H3. The van der Waals surface area contributed by atoms with Crippen molar-refractivity contribution in [3.8, 4) is 6.07 Å². The highest BCUT2D eigenvalue weighted by molar-refractivity contribution is 6.38. The van der Waals surface area contributed by atoms with Crippen molar-refractivity contribution in [1.29, 1.82) is 5.26 Å². The molecular formula is C10H14N2O2. The highest BCUT2D eigenvalue weighted by atomic mass is 16.4.